The fourth-order valence-corrected chi connectivity index (χ4v) is 4.71. The Balaban J connectivity index is 2.42. The third kappa shape index (κ3) is 10.3. The van der Waals surface area contributed by atoms with Crippen LogP contribution in [0.3, 0.4) is 0 Å². The molecule has 1 aromatic rings. The van der Waals surface area contributed by atoms with Crippen LogP contribution in [-0.4, -0.2) is 95.4 Å². The van der Waals surface area contributed by atoms with Crippen LogP contribution in [-0.2, 0) is 51.4 Å². The highest BCUT2D eigenvalue weighted by Crippen LogP contribution is 2.53. The summed E-state index contributed by atoms with van der Waals surface area (Å²) in [5.41, 5.74) is -1.29. The summed E-state index contributed by atoms with van der Waals surface area (Å²) in [4.78, 5) is 62.0. The average Bonchev–Trinajstić information content (AvgIpc) is 3.13. The van der Waals surface area contributed by atoms with E-state index in [1.54, 1.807) is 0 Å². The van der Waals surface area contributed by atoms with Crippen molar-refractivity contribution in [1.29, 1.82) is 0 Å². The maximum Gasteiger partial charge on any atom is 0.510 e. The van der Waals surface area contributed by atoms with Crippen molar-refractivity contribution in [2.45, 2.75) is 83.3 Å². The van der Waals surface area contributed by atoms with Gasteiger partial charge in [0, 0.05) is 12.3 Å². The SMILES string of the molecule is CC(C)OC(=O)OCOP(=O)(OCOC(=O)OC(C)C)OC[C@@]1(CF)O[C@@H](n2ccc(=O)[nH]c2=O)[C@](C)(O)[C@@H]1OC(=O)[C@H](C)N. The molecule has 256 valence electrons. The van der Waals surface area contributed by atoms with Gasteiger partial charge < -0.3 is 39.3 Å². The molecule has 0 aliphatic carbocycles. The van der Waals surface area contributed by atoms with Crippen LogP contribution in [0.4, 0.5) is 14.0 Å². The molecule has 0 amide bonds. The number of aliphatic hydroxyl groups is 1. The zero-order valence-corrected chi connectivity index (χ0v) is 26.2. The van der Waals surface area contributed by atoms with Crippen LogP contribution in [0.25, 0.3) is 0 Å². The normalized spacial score (nSPS) is 23.9. The number of hydrogen-bond donors (Lipinski definition) is 3. The number of aromatic amines is 1. The minimum absolute atomic E-state index is 0.590. The number of rotatable bonds is 15. The van der Waals surface area contributed by atoms with E-state index in [4.69, 9.17) is 38.3 Å². The molecule has 0 spiro atoms. The van der Waals surface area contributed by atoms with Crippen molar-refractivity contribution in [3.63, 3.8) is 0 Å². The Morgan fingerprint density at radius 1 is 1.07 bits per heavy atom. The largest absolute Gasteiger partial charge is 0.510 e. The zero-order valence-electron chi connectivity index (χ0n) is 25.3. The first-order valence-corrected chi connectivity index (χ1v) is 14.8. The van der Waals surface area contributed by atoms with Crippen molar-refractivity contribution in [2.75, 3.05) is 26.9 Å². The predicted octanol–water partition coefficient (Wildman–Crippen LogP) is 0.980. The lowest BCUT2D eigenvalue weighted by Gasteiger charge is -2.35. The summed E-state index contributed by atoms with van der Waals surface area (Å²) < 4.78 is 74.0. The number of nitrogens with two attached hydrogens (primary N) is 1. The Hall–Kier alpha value is -3.39. The molecule has 0 bridgehead atoms. The predicted molar refractivity (Wildman–Crippen MR) is 145 cm³/mol. The van der Waals surface area contributed by atoms with E-state index in [9.17, 15) is 38.0 Å². The van der Waals surface area contributed by atoms with E-state index < -0.39 is 106 Å². The van der Waals surface area contributed by atoms with E-state index in [1.807, 2.05) is 4.98 Å². The quantitative estimate of drug-likeness (QED) is 0.101. The van der Waals surface area contributed by atoms with Crippen LogP contribution in [0.2, 0.25) is 0 Å². The summed E-state index contributed by atoms with van der Waals surface area (Å²) >= 11 is 0. The van der Waals surface area contributed by atoms with E-state index in [2.05, 4.69) is 9.47 Å². The lowest BCUT2D eigenvalue weighted by molar-refractivity contribution is -0.176. The molecule has 4 N–H and O–H groups in total. The van der Waals surface area contributed by atoms with E-state index in [1.165, 1.54) is 34.6 Å². The number of esters is 1. The Morgan fingerprint density at radius 2 is 1.60 bits per heavy atom. The van der Waals surface area contributed by atoms with Crippen LogP contribution >= 0.6 is 7.82 Å². The second-order valence-corrected chi connectivity index (χ2v) is 12.0. The summed E-state index contributed by atoms with van der Waals surface area (Å²) in [5, 5.41) is 11.4. The molecule has 1 aromatic heterocycles. The van der Waals surface area contributed by atoms with Gasteiger partial charge in [-0.15, -0.1) is 0 Å². The highest BCUT2D eigenvalue weighted by molar-refractivity contribution is 7.48. The first kappa shape index (κ1) is 37.8. The van der Waals surface area contributed by atoms with E-state index in [-0.39, 0.29) is 0 Å². The van der Waals surface area contributed by atoms with Crippen LogP contribution in [0, 0.1) is 0 Å². The van der Waals surface area contributed by atoms with Crippen molar-refractivity contribution in [2.24, 2.45) is 5.73 Å². The lowest BCUT2D eigenvalue weighted by Crippen LogP contribution is -2.56. The van der Waals surface area contributed by atoms with Crippen molar-refractivity contribution in [3.05, 3.63) is 33.1 Å². The smallest absolute Gasteiger partial charge is 0.455 e. The van der Waals surface area contributed by atoms with Gasteiger partial charge in [0.1, 0.15) is 18.3 Å². The van der Waals surface area contributed by atoms with Crippen LogP contribution in [0.5, 0.6) is 0 Å². The number of ether oxygens (including phenoxy) is 6. The first-order valence-electron chi connectivity index (χ1n) is 13.3. The fraction of sp³-hybridized carbons (Fsp3) is 0.708. The number of aromatic nitrogens is 2. The number of hydrogen-bond acceptors (Lipinski definition) is 17. The summed E-state index contributed by atoms with van der Waals surface area (Å²) in [6.45, 7) is 3.28. The Kier molecular flexibility index (Phi) is 13.2. The fourth-order valence-electron chi connectivity index (χ4n) is 3.75. The van der Waals surface area contributed by atoms with Crippen LogP contribution < -0.4 is 17.0 Å². The monoisotopic (exact) mass is 673 g/mol. The van der Waals surface area contributed by atoms with Gasteiger partial charge in [0.15, 0.2) is 17.9 Å². The molecule has 1 aliphatic heterocycles. The first-order chi connectivity index (χ1) is 20.9. The second kappa shape index (κ2) is 15.7. The van der Waals surface area contributed by atoms with Crippen LogP contribution in [0.15, 0.2) is 21.9 Å². The zero-order chi connectivity index (χ0) is 34.2. The number of halogens is 1. The van der Waals surface area contributed by atoms with Gasteiger partial charge in [-0.25, -0.2) is 32.4 Å². The molecule has 0 unspecified atom stereocenters. The molecule has 1 fully saturated rings. The number of alkyl halides is 1. The molecule has 45 heavy (non-hydrogen) atoms. The van der Waals surface area contributed by atoms with Crippen molar-refractivity contribution in [3.8, 4) is 0 Å². The number of carbonyl (C=O) groups excluding carboxylic acids is 3. The van der Waals surface area contributed by atoms with Gasteiger partial charge in [-0.05, 0) is 41.5 Å². The number of phosphoric acid groups is 1. The third-order valence-corrected chi connectivity index (χ3v) is 6.99. The summed E-state index contributed by atoms with van der Waals surface area (Å²) in [5.74, 6) is -1.14. The van der Waals surface area contributed by atoms with Gasteiger partial charge in [-0.3, -0.25) is 23.7 Å². The molecule has 1 aliphatic rings. The molecular formula is C24H37FN3O16P. The number of carbonyl (C=O) groups is 3. The number of H-pyrrole nitrogens is 1. The number of nitrogens with zero attached hydrogens (tertiary/aromatic N) is 1. The van der Waals surface area contributed by atoms with Gasteiger partial charge in [0.2, 0.25) is 13.6 Å². The Labute approximate surface area is 255 Å². The molecule has 0 saturated carbocycles. The van der Waals surface area contributed by atoms with Crippen molar-refractivity contribution < 1.29 is 70.4 Å². The number of nitrogens with one attached hydrogen (secondary N) is 1. The average molecular weight is 674 g/mol. The van der Waals surface area contributed by atoms with E-state index >= 15 is 0 Å². The maximum absolute atomic E-state index is 15.0. The van der Waals surface area contributed by atoms with Gasteiger partial charge >= 0.3 is 31.8 Å². The van der Waals surface area contributed by atoms with Gasteiger partial charge in [0.05, 0.1) is 18.8 Å². The summed E-state index contributed by atoms with van der Waals surface area (Å²) in [6, 6.07) is -0.377. The molecule has 19 nitrogen and oxygen atoms in total. The number of phosphoric ester groups is 1. The van der Waals surface area contributed by atoms with E-state index in [0.29, 0.717) is 4.57 Å². The highest BCUT2D eigenvalue weighted by atomic mass is 31.2. The molecule has 5 atom stereocenters. The highest BCUT2D eigenvalue weighted by Gasteiger charge is 2.65. The maximum atomic E-state index is 15.0. The van der Waals surface area contributed by atoms with Gasteiger partial charge in [0.25, 0.3) is 5.56 Å². The molecule has 2 rings (SSSR count). The molecular weight excluding hydrogens is 636 g/mol. The van der Waals surface area contributed by atoms with Gasteiger partial charge in [-0.2, -0.15) is 0 Å². The summed E-state index contributed by atoms with van der Waals surface area (Å²) in [6.07, 6.45) is -6.57. The Bertz CT molecular complexity index is 1320. The van der Waals surface area contributed by atoms with Crippen LogP contribution in [0.1, 0.15) is 47.8 Å². The second-order valence-electron chi connectivity index (χ2n) is 10.4. The van der Waals surface area contributed by atoms with Crippen molar-refractivity contribution >= 4 is 26.1 Å². The Morgan fingerprint density at radius 3 is 2.04 bits per heavy atom. The lowest BCUT2D eigenvalue weighted by atomic mass is 9.88. The van der Waals surface area contributed by atoms with Crippen molar-refractivity contribution in [1.82, 2.24) is 9.55 Å². The van der Waals surface area contributed by atoms with Gasteiger partial charge in [-0.1, -0.05) is 0 Å². The van der Waals surface area contributed by atoms with E-state index in [0.717, 1.165) is 19.2 Å². The third-order valence-electron chi connectivity index (χ3n) is 5.70. The molecule has 1 saturated heterocycles. The minimum Gasteiger partial charge on any atom is -0.455 e. The molecule has 2 heterocycles. The standard InChI is InChI=1S/C24H37FN3O16P/c1-13(2)41-21(32)36-11-39-45(35,40-12-37-22(33)42-14(3)4)38-10-24(9-25)18(43-17(30)15(5)26)23(6,34)19(44-24)28-8-7-16(29)27-20(28)31/h7-8,13-15,18-19,34H,9-12,26H2,1-6H3,(H,27,29,31)/t15-,18-,19+,23+,24+/m0/s1. The minimum atomic E-state index is -5.01. The molecule has 0 radical (unpaired) electrons. The topological polar surface area (TPSA) is 252 Å². The molecule has 0 aromatic carbocycles. The summed E-state index contributed by atoms with van der Waals surface area (Å²) in [7, 11) is -5.01. The molecule has 21 heteroatoms.